The number of aryl methyl sites for hydroxylation is 1. The van der Waals surface area contributed by atoms with Crippen molar-refractivity contribution in [2.24, 2.45) is 0 Å². The number of benzene rings is 1. The van der Waals surface area contributed by atoms with Crippen LogP contribution in [0.25, 0.3) is 11.0 Å². The molecule has 1 aliphatic heterocycles. The SMILES string of the molecule is COc1ccc2c(C)c(CCC(=O)NCc3ccc(N4CCN(C)CC4)nc3)c(=O)oc2c1. The van der Waals surface area contributed by atoms with Gasteiger partial charge in [-0.2, -0.15) is 0 Å². The Hall–Kier alpha value is -3.39. The van der Waals surface area contributed by atoms with Crippen LogP contribution in [0.5, 0.6) is 5.75 Å². The molecule has 1 fully saturated rings. The number of likely N-dealkylation sites (N-methyl/N-ethyl adjacent to an activating group) is 1. The Balaban J connectivity index is 1.32. The number of nitrogens with zero attached hydrogens (tertiary/aromatic N) is 3. The molecule has 8 nitrogen and oxygen atoms in total. The first kappa shape index (κ1) is 22.8. The van der Waals surface area contributed by atoms with Crippen molar-refractivity contribution in [3.63, 3.8) is 0 Å². The lowest BCUT2D eigenvalue weighted by molar-refractivity contribution is -0.121. The number of fused-ring (bicyclic) bond motifs is 1. The van der Waals surface area contributed by atoms with Crippen LogP contribution in [-0.4, -0.2) is 56.1 Å². The predicted octanol–water partition coefficient (Wildman–Crippen LogP) is 2.51. The van der Waals surface area contributed by atoms with Gasteiger partial charge >= 0.3 is 5.63 Å². The number of carbonyl (C=O) groups is 1. The summed E-state index contributed by atoms with van der Waals surface area (Å²) in [4.78, 5) is 34.0. The molecule has 1 aromatic carbocycles. The van der Waals surface area contributed by atoms with Crippen molar-refractivity contribution >= 4 is 22.7 Å². The van der Waals surface area contributed by atoms with Crippen molar-refractivity contribution in [1.29, 1.82) is 0 Å². The zero-order valence-corrected chi connectivity index (χ0v) is 19.4. The summed E-state index contributed by atoms with van der Waals surface area (Å²) in [5.41, 5.74) is 2.38. The van der Waals surface area contributed by atoms with Gasteiger partial charge in [-0.1, -0.05) is 6.07 Å². The third-order valence-electron chi connectivity index (χ3n) is 6.22. The van der Waals surface area contributed by atoms with Gasteiger partial charge in [0.1, 0.15) is 17.2 Å². The molecule has 0 unspecified atom stereocenters. The van der Waals surface area contributed by atoms with Crippen LogP contribution < -0.4 is 20.6 Å². The average molecular weight is 451 g/mol. The maximum absolute atomic E-state index is 12.5. The van der Waals surface area contributed by atoms with E-state index in [9.17, 15) is 9.59 Å². The lowest BCUT2D eigenvalue weighted by atomic mass is 10.0. The molecule has 0 aliphatic carbocycles. The van der Waals surface area contributed by atoms with Crippen molar-refractivity contribution in [2.45, 2.75) is 26.3 Å². The van der Waals surface area contributed by atoms with Crippen molar-refractivity contribution in [3.05, 3.63) is 63.6 Å². The topological polar surface area (TPSA) is 87.9 Å². The monoisotopic (exact) mass is 450 g/mol. The third-order valence-corrected chi connectivity index (χ3v) is 6.22. The largest absolute Gasteiger partial charge is 0.497 e. The summed E-state index contributed by atoms with van der Waals surface area (Å²) in [5.74, 6) is 1.48. The molecule has 0 bridgehead atoms. The van der Waals surface area contributed by atoms with Gasteiger partial charge < -0.3 is 24.3 Å². The van der Waals surface area contributed by atoms with Crippen molar-refractivity contribution in [3.8, 4) is 5.75 Å². The van der Waals surface area contributed by atoms with Crippen LogP contribution in [-0.2, 0) is 17.8 Å². The predicted molar refractivity (Wildman–Crippen MR) is 128 cm³/mol. The first-order valence-electron chi connectivity index (χ1n) is 11.2. The van der Waals surface area contributed by atoms with Crippen molar-refractivity contribution < 1.29 is 13.9 Å². The summed E-state index contributed by atoms with van der Waals surface area (Å²) in [6.07, 6.45) is 2.34. The minimum absolute atomic E-state index is 0.119. The number of carbonyl (C=O) groups excluding carboxylic acids is 1. The highest BCUT2D eigenvalue weighted by atomic mass is 16.5. The normalized spacial score (nSPS) is 14.5. The molecule has 1 saturated heterocycles. The van der Waals surface area contributed by atoms with Crippen molar-refractivity contribution in [2.75, 3.05) is 45.2 Å². The molecular weight excluding hydrogens is 420 g/mol. The second-order valence-corrected chi connectivity index (χ2v) is 8.45. The summed E-state index contributed by atoms with van der Waals surface area (Å²) in [7, 11) is 3.69. The van der Waals surface area contributed by atoms with E-state index in [1.54, 1.807) is 13.2 Å². The van der Waals surface area contributed by atoms with Crippen LogP contribution >= 0.6 is 0 Å². The number of nitrogens with one attached hydrogen (secondary N) is 1. The van der Waals surface area contributed by atoms with Crippen LogP contribution in [0.3, 0.4) is 0 Å². The number of anilines is 1. The molecule has 0 spiro atoms. The summed E-state index contributed by atoms with van der Waals surface area (Å²) in [6, 6.07) is 9.40. The number of hydrogen-bond donors (Lipinski definition) is 1. The Morgan fingerprint density at radius 2 is 1.97 bits per heavy atom. The molecule has 0 atom stereocenters. The fraction of sp³-hybridized carbons (Fsp3) is 0.400. The summed E-state index contributed by atoms with van der Waals surface area (Å²) in [5, 5.41) is 3.76. The average Bonchev–Trinajstić information content (AvgIpc) is 2.83. The number of ether oxygens (including phenoxy) is 1. The maximum Gasteiger partial charge on any atom is 0.339 e. The molecule has 1 N–H and O–H groups in total. The lowest BCUT2D eigenvalue weighted by Crippen LogP contribution is -2.44. The zero-order chi connectivity index (χ0) is 23.4. The molecule has 1 aliphatic rings. The van der Waals surface area contributed by atoms with Gasteiger partial charge in [0.2, 0.25) is 5.91 Å². The Morgan fingerprint density at radius 3 is 2.67 bits per heavy atom. The van der Waals surface area contributed by atoms with Gasteiger partial charge in [0.05, 0.1) is 7.11 Å². The summed E-state index contributed by atoms with van der Waals surface area (Å²) < 4.78 is 10.7. The smallest absolute Gasteiger partial charge is 0.339 e. The van der Waals surface area contributed by atoms with E-state index in [0.29, 0.717) is 29.9 Å². The molecule has 3 aromatic rings. The number of amides is 1. The minimum Gasteiger partial charge on any atom is -0.497 e. The van der Waals surface area contributed by atoms with Gasteiger partial charge in [0.25, 0.3) is 0 Å². The van der Waals surface area contributed by atoms with E-state index in [1.165, 1.54) is 0 Å². The number of methoxy groups -OCH3 is 1. The number of rotatable bonds is 7. The molecule has 0 radical (unpaired) electrons. The van der Waals surface area contributed by atoms with Crippen LogP contribution in [0.1, 0.15) is 23.1 Å². The number of aromatic nitrogens is 1. The molecule has 0 saturated carbocycles. The number of hydrogen-bond acceptors (Lipinski definition) is 7. The standard InChI is InChI=1S/C25H30N4O4/c1-17-20-6-5-19(32-3)14-22(20)33-25(31)21(17)7-9-24(30)27-16-18-4-8-23(26-15-18)29-12-10-28(2)11-13-29/h4-6,8,14-15H,7,9-13,16H2,1-3H3,(H,27,30). The molecule has 8 heteroatoms. The number of piperazine rings is 1. The van der Waals surface area contributed by atoms with E-state index < -0.39 is 5.63 Å². The highest BCUT2D eigenvalue weighted by molar-refractivity contribution is 5.82. The molecular formula is C25H30N4O4. The van der Waals surface area contributed by atoms with E-state index in [4.69, 9.17) is 9.15 Å². The Bertz CT molecular complexity index is 1180. The molecule has 2 aromatic heterocycles. The lowest BCUT2D eigenvalue weighted by Gasteiger charge is -2.33. The minimum atomic E-state index is -0.412. The van der Waals surface area contributed by atoms with Crippen LogP contribution in [0.15, 0.2) is 45.7 Å². The second-order valence-electron chi connectivity index (χ2n) is 8.45. The molecule has 3 heterocycles. The van der Waals surface area contributed by atoms with E-state index in [1.807, 2.05) is 37.4 Å². The van der Waals surface area contributed by atoms with Gasteiger partial charge in [-0.25, -0.2) is 9.78 Å². The highest BCUT2D eigenvalue weighted by Gasteiger charge is 2.16. The van der Waals surface area contributed by atoms with Gasteiger partial charge in [-0.3, -0.25) is 4.79 Å². The fourth-order valence-electron chi connectivity index (χ4n) is 4.06. The summed E-state index contributed by atoms with van der Waals surface area (Å²) >= 11 is 0. The van der Waals surface area contributed by atoms with Crippen molar-refractivity contribution in [1.82, 2.24) is 15.2 Å². The zero-order valence-electron chi connectivity index (χ0n) is 19.4. The van der Waals surface area contributed by atoms with Gasteiger partial charge in [-0.05, 0) is 49.7 Å². The molecule has 4 rings (SSSR count). The van der Waals surface area contributed by atoms with E-state index >= 15 is 0 Å². The number of pyridine rings is 1. The first-order chi connectivity index (χ1) is 15.9. The van der Waals surface area contributed by atoms with E-state index in [-0.39, 0.29) is 12.3 Å². The Morgan fingerprint density at radius 1 is 1.18 bits per heavy atom. The van der Waals surface area contributed by atoms with Gasteiger partial charge in [-0.15, -0.1) is 0 Å². The molecule has 33 heavy (non-hydrogen) atoms. The quantitative estimate of drug-likeness (QED) is 0.554. The van der Waals surface area contributed by atoms with Gasteiger partial charge in [0, 0.05) is 62.4 Å². The maximum atomic E-state index is 12.5. The van der Waals surface area contributed by atoms with Gasteiger partial charge in [0.15, 0.2) is 0 Å². The fourth-order valence-corrected chi connectivity index (χ4v) is 4.06. The highest BCUT2D eigenvalue weighted by Crippen LogP contribution is 2.24. The Kier molecular flexibility index (Phi) is 6.93. The van der Waals surface area contributed by atoms with Crippen LogP contribution in [0, 0.1) is 6.92 Å². The second kappa shape index (κ2) is 10.0. The van der Waals surface area contributed by atoms with Crippen LogP contribution in [0.2, 0.25) is 0 Å². The Labute approximate surface area is 193 Å². The van der Waals surface area contributed by atoms with E-state index in [2.05, 4.69) is 27.1 Å². The summed E-state index contributed by atoms with van der Waals surface area (Å²) in [6.45, 7) is 6.28. The van der Waals surface area contributed by atoms with E-state index in [0.717, 1.165) is 48.5 Å². The third kappa shape index (κ3) is 5.34. The van der Waals surface area contributed by atoms with Crippen LogP contribution in [0.4, 0.5) is 5.82 Å². The molecule has 174 valence electrons. The first-order valence-corrected chi connectivity index (χ1v) is 11.2. The molecule has 1 amide bonds.